The summed E-state index contributed by atoms with van der Waals surface area (Å²) in [5.74, 6) is -0.791. The molecule has 1 N–H and O–H groups in total. The molecule has 1 heterocycles. The van der Waals surface area contributed by atoms with Gasteiger partial charge in [0.2, 0.25) is 0 Å². The van der Waals surface area contributed by atoms with Crippen LogP contribution in [0.2, 0.25) is 5.02 Å². The van der Waals surface area contributed by atoms with E-state index in [1.807, 2.05) is 30.5 Å². The summed E-state index contributed by atoms with van der Waals surface area (Å²) in [6, 6.07) is 6.93. The van der Waals surface area contributed by atoms with Gasteiger partial charge in [-0.2, -0.15) is 0 Å². The van der Waals surface area contributed by atoms with Crippen molar-refractivity contribution in [1.29, 1.82) is 0 Å². The van der Waals surface area contributed by atoms with E-state index in [1.165, 1.54) is 0 Å². The number of hydrogen-bond acceptors (Lipinski definition) is 1. The summed E-state index contributed by atoms with van der Waals surface area (Å²) in [6.07, 6.45) is 4.34. The second-order valence-corrected chi connectivity index (χ2v) is 4.80. The van der Waals surface area contributed by atoms with Crippen LogP contribution < -0.4 is 0 Å². The van der Waals surface area contributed by atoms with Crippen molar-refractivity contribution in [2.45, 2.75) is 32.2 Å². The molecule has 4 heteroatoms. The molecule has 96 valence electrons. The average Bonchev–Trinajstić information content (AvgIpc) is 2.75. The summed E-state index contributed by atoms with van der Waals surface area (Å²) in [5.41, 5.74) is 0.881. The zero-order valence-corrected chi connectivity index (χ0v) is 11.0. The first-order chi connectivity index (χ1) is 8.65. The fraction of sp³-hybridized carbons (Fsp3) is 0.357. The largest absolute Gasteiger partial charge is 0.480 e. The molecular formula is C14H16ClNO2. The molecule has 0 bridgehead atoms. The molecule has 18 heavy (non-hydrogen) atoms. The molecule has 0 saturated heterocycles. The average molecular weight is 266 g/mol. The number of fused-ring (bicyclic) bond motifs is 1. The number of carbonyl (C=O) groups is 1. The second kappa shape index (κ2) is 5.44. The Kier molecular flexibility index (Phi) is 3.92. The number of rotatable bonds is 5. The molecule has 2 rings (SSSR count). The number of hydrogen-bond donors (Lipinski definition) is 1. The van der Waals surface area contributed by atoms with Crippen LogP contribution in [0.1, 0.15) is 32.2 Å². The minimum absolute atomic E-state index is 0.513. The van der Waals surface area contributed by atoms with Crippen LogP contribution in [0, 0.1) is 0 Å². The van der Waals surface area contributed by atoms with Gasteiger partial charge in [-0.3, -0.25) is 0 Å². The molecule has 0 aliphatic heterocycles. The molecule has 0 fully saturated rings. The van der Waals surface area contributed by atoms with E-state index in [9.17, 15) is 9.90 Å². The molecule has 0 spiro atoms. The van der Waals surface area contributed by atoms with Crippen molar-refractivity contribution >= 4 is 28.5 Å². The van der Waals surface area contributed by atoms with E-state index in [4.69, 9.17) is 11.6 Å². The number of carboxylic acid groups (broad SMARTS) is 1. The lowest BCUT2D eigenvalue weighted by Crippen LogP contribution is -2.18. The van der Waals surface area contributed by atoms with Crippen molar-refractivity contribution < 1.29 is 9.90 Å². The van der Waals surface area contributed by atoms with Gasteiger partial charge in [0.1, 0.15) is 6.04 Å². The number of aliphatic carboxylic acids is 1. The lowest BCUT2D eigenvalue weighted by Gasteiger charge is -2.15. The highest BCUT2D eigenvalue weighted by atomic mass is 35.5. The van der Waals surface area contributed by atoms with Gasteiger partial charge in [0, 0.05) is 16.6 Å². The van der Waals surface area contributed by atoms with Crippen LogP contribution in [0.5, 0.6) is 0 Å². The number of benzene rings is 1. The molecule has 0 aliphatic rings. The Balaban J connectivity index is 2.44. The van der Waals surface area contributed by atoms with Gasteiger partial charge in [-0.15, -0.1) is 0 Å². The van der Waals surface area contributed by atoms with E-state index in [0.29, 0.717) is 11.4 Å². The van der Waals surface area contributed by atoms with E-state index in [0.717, 1.165) is 23.7 Å². The molecule has 0 radical (unpaired) electrons. The number of carboxylic acids is 1. The standard InChI is InChI=1S/C14H16ClNO2/c1-2-3-6-13(14(17)18)16-9-8-10-11(15)5-4-7-12(10)16/h4-5,7-9,13H,2-3,6H2,1H3,(H,17,18). The normalized spacial score (nSPS) is 12.8. The summed E-state index contributed by atoms with van der Waals surface area (Å²) < 4.78 is 1.80. The third-order valence-electron chi connectivity index (χ3n) is 3.16. The van der Waals surface area contributed by atoms with Crippen molar-refractivity contribution in [2.24, 2.45) is 0 Å². The summed E-state index contributed by atoms with van der Waals surface area (Å²) in [6.45, 7) is 2.06. The predicted octanol–water partition coefficient (Wildman–Crippen LogP) is 4.11. The van der Waals surface area contributed by atoms with E-state index < -0.39 is 12.0 Å². The van der Waals surface area contributed by atoms with Gasteiger partial charge in [0.15, 0.2) is 0 Å². The maximum Gasteiger partial charge on any atom is 0.326 e. The SMILES string of the molecule is CCCCC(C(=O)O)n1ccc2c(Cl)cccc21. The molecule has 1 aromatic carbocycles. The van der Waals surface area contributed by atoms with Crippen molar-refractivity contribution in [3.8, 4) is 0 Å². The highest BCUT2D eigenvalue weighted by molar-refractivity contribution is 6.35. The minimum atomic E-state index is -0.791. The smallest absolute Gasteiger partial charge is 0.326 e. The summed E-state index contributed by atoms with van der Waals surface area (Å²) in [7, 11) is 0. The second-order valence-electron chi connectivity index (χ2n) is 4.39. The van der Waals surface area contributed by atoms with Crippen LogP contribution in [0.4, 0.5) is 0 Å². The van der Waals surface area contributed by atoms with Crippen LogP contribution in [0.25, 0.3) is 10.9 Å². The van der Waals surface area contributed by atoms with Crippen molar-refractivity contribution in [2.75, 3.05) is 0 Å². The fourth-order valence-corrected chi connectivity index (χ4v) is 2.43. The first kappa shape index (κ1) is 13.0. The Labute approximate surface area is 111 Å². The van der Waals surface area contributed by atoms with E-state index in [1.54, 1.807) is 4.57 Å². The van der Waals surface area contributed by atoms with E-state index in [2.05, 4.69) is 6.92 Å². The molecule has 2 aromatic rings. The highest BCUT2D eigenvalue weighted by Crippen LogP contribution is 2.28. The zero-order valence-electron chi connectivity index (χ0n) is 10.3. The Morgan fingerprint density at radius 3 is 2.89 bits per heavy atom. The van der Waals surface area contributed by atoms with Gasteiger partial charge >= 0.3 is 5.97 Å². The molecule has 0 aliphatic carbocycles. The first-order valence-corrected chi connectivity index (χ1v) is 6.50. The van der Waals surface area contributed by atoms with Gasteiger partial charge in [0.05, 0.1) is 5.52 Å². The van der Waals surface area contributed by atoms with Crippen molar-refractivity contribution in [3.05, 3.63) is 35.5 Å². The number of unbranched alkanes of at least 4 members (excludes halogenated alkanes) is 1. The van der Waals surface area contributed by atoms with Gasteiger partial charge in [-0.1, -0.05) is 37.4 Å². The van der Waals surface area contributed by atoms with Crippen molar-refractivity contribution in [1.82, 2.24) is 4.57 Å². The van der Waals surface area contributed by atoms with Crippen LogP contribution in [0.3, 0.4) is 0 Å². The Morgan fingerprint density at radius 2 is 2.22 bits per heavy atom. The Hall–Kier alpha value is -1.48. The quantitative estimate of drug-likeness (QED) is 0.884. The predicted molar refractivity (Wildman–Crippen MR) is 73.1 cm³/mol. The Morgan fingerprint density at radius 1 is 1.44 bits per heavy atom. The molecule has 3 nitrogen and oxygen atoms in total. The zero-order chi connectivity index (χ0) is 13.1. The third-order valence-corrected chi connectivity index (χ3v) is 3.49. The lowest BCUT2D eigenvalue weighted by molar-refractivity contribution is -0.141. The summed E-state index contributed by atoms with van der Waals surface area (Å²) in [4.78, 5) is 11.4. The lowest BCUT2D eigenvalue weighted by atomic mass is 10.1. The highest BCUT2D eigenvalue weighted by Gasteiger charge is 2.20. The maximum absolute atomic E-state index is 11.4. The van der Waals surface area contributed by atoms with Crippen LogP contribution in [0.15, 0.2) is 30.5 Å². The van der Waals surface area contributed by atoms with Crippen molar-refractivity contribution in [3.63, 3.8) is 0 Å². The van der Waals surface area contributed by atoms with Crippen LogP contribution in [-0.2, 0) is 4.79 Å². The van der Waals surface area contributed by atoms with Gasteiger partial charge < -0.3 is 9.67 Å². The molecule has 1 aromatic heterocycles. The van der Waals surface area contributed by atoms with Crippen LogP contribution >= 0.6 is 11.6 Å². The van der Waals surface area contributed by atoms with E-state index in [-0.39, 0.29) is 0 Å². The van der Waals surface area contributed by atoms with Gasteiger partial charge in [-0.05, 0) is 24.6 Å². The minimum Gasteiger partial charge on any atom is -0.480 e. The molecular weight excluding hydrogens is 250 g/mol. The number of aromatic nitrogens is 1. The van der Waals surface area contributed by atoms with E-state index >= 15 is 0 Å². The summed E-state index contributed by atoms with van der Waals surface area (Å²) in [5, 5.41) is 10.9. The fourth-order valence-electron chi connectivity index (χ4n) is 2.20. The molecule has 1 atom stereocenters. The van der Waals surface area contributed by atoms with Gasteiger partial charge in [-0.25, -0.2) is 4.79 Å². The van der Waals surface area contributed by atoms with Crippen LogP contribution in [-0.4, -0.2) is 15.6 Å². The summed E-state index contributed by atoms with van der Waals surface area (Å²) >= 11 is 6.10. The topological polar surface area (TPSA) is 42.2 Å². The maximum atomic E-state index is 11.4. The molecule has 0 amide bonds. The molecule has 0 saturated carbocycles. The third kappa shape index (κ3) is 2.36. The van der Waals surface area contributed by atoms with Gasteiger partial charge in [0.25, 0.3) is 0 Å². The number of halogens is 1. The number of nitrogens with zero attached hydrogens (tertiary/aromatic N) is 1. The first-order valence-electron chi connectivity index (χ1n) is 6.13. The molecule has 1 unspecified atom stereocenters. The Bertz CT molecular complexity index is 562. The monoisotopic (exact) mass is 265 g/mol.